The molecule has 110 valence electrons. The first-order valence-corrected chi connectivity index (χ1v) is 7.22. The molecule has 1 saturated heterocycles. The monoisotopic (exact) mass is 277 g/mol. The lowest BCUT2D eigenvalue weighted by atomic mass is 10.0. The Kier molecular flexibility index (Phi) is 5.41. The van der Waals surface area contributed by atoms with Crippen LogP contribution in [0.15, 0.2) is 24.3 Å². The molecule has 0 aromatic heterocycles. The van der Waals surface area contributed by atoms with Crippen LogP contribution in [0.1, 0.15) is 19.4 Å². The minimum absolute atomic E-state index is 0.0302. The number of nitrogens with zero attached hydrogens (tertiary/aromatic N) is 1. The van der Waals surface area contributed by atoms with E-state index in [1.807, 2.05) is 18.2 Å². The minimum Gasteiger partial charge on any atom is -0.484 e. The zero-order chi connectivity index (χ0) is 14.4. The average Bonchev–Trinajstić information content (AvgIpc) is 2.45. The number of carbonyl (C=O) groups is 1. The fourth-order valence-electron chi connectivity index (χ4n) is 2.28. The zero-order valence-corrected chi connectivity index (χ0v) is 12.3. The van der Waals surface area contributed by atoms with E-state index in [1.165, 1.54) is 5.56 Å². The third kappa shape index (κ3) is 4.53. The highest BCUT2D eigenvalue weighted by Gasteiger charge is 2.17. The lowest BCUT2D eigenvalue weighted by Gasteiger charge is -2.26. The van der Waals surface area contributed by atoms with Crippen LogP contribution in [0.3, 0.4) is 0 Å². The Balaban J connectivity index is 1.85. The largest absolute Gasteiger partial charge is 0.484 e. The molecule has 1 aliphatic rings. The normalized spacial score (nSPS) is 15.4. The number of hydrogen-bond donors (Lipinski definition) is 0. The van der Waals surface area contributed by atoms with Gasteiger partial charge >= 0.3 is 0 Å². The van der Waals surface area contributed by atoms with Gasteiger partial charge in [-0.05, 0) is 30.0 Å². The summed E-state index contributed by atoms with van der Waals surface area (Å²) >= 11 is 0. The second-order valence-corrected chi connectivity index (χ2v) is 5.53. The number of hydrogen-bond acceptors (Lipinski definition) is 3. The Morgan fingerprint density at radius 3 is 2.80 bits per heavy atom. The van der Waals surface area contributed by atoms with Gasteiger partial charge in [-0.15, -0.1) is 0 Å². The molecule has 4 nitrogen and oxygen atoms in total. The van der Waals surface area contributed by atoms with E-state index in [-0.39, 0.29) is 12.5 Å². The highest BCUT2D eigenvalue weighted by molar-refractivity contribution is 5.77. The van der Waals surface area contributed by atoms with E-state index >= 15 is 0 Å². The molecule has 1 amide bonds. The number of ether oxygens (including phenoxy) is 2. The first kappa shape index (κ1) is 14.9. The maximum Gasteiger partial charge on any atom is 0.260 e. The first-order chi connectivity index (χ1) is 9.65. The molecular formula is C16H23NO3. The Morgan fingerprint density at radius 1 is 1.35 bits per heavy atom. The SMILES string of the molecule is CC(C)Cc1cccc(OCC(=O)N2CCOCC2)c1. The van der Waals surface area contributed by atoms with Crippen molar-refractivity contribution in [2.24, 2.45) is 5.92 Å². The van der Waals surface area contributed by atoms with Crippen molar-refractivity contribution in [2.75, 3.05) is 32.9 Å². The summed E-state index contributed by atoms with van der Waals surface area (Å²) < 4.78 is 10.8. The Morgan fingerprint density at radius 2 is 2.10 bits per heavy atom. The van der Waals surface area contributed by atoms with Crippen molar-refractivity contribution in [1.82, 2.24) is 4.90 Å². The summed E-state index contributed by atoms with van der Waals surface area (Å²) in [5.41, 5.74) is 1.25. The van der Waals surface area contributed by atoms with Crippen LogP contribution >= 0.6 is 0 Å². The molecule has 1 aromatic carbocycles. The van der Waals surface area contributed by atoms with Crippen LogP contribution in [0.2, 0.25) is 0 Å². The van der Waals surface area contributed by atoms with Gasteiger partial charge in [0.15, 0.2) is 6.61 Å². The van der Waals surface area contributed by atoms with Crippen molar-refractivity contribution in [1.29, 1.82) is 0 Å². The molecule has 0 atom stereocenters. The molecule has 1 aromatic rings. The summed E-state index contributed by atoms with van der Waals surface area (Å²) in [6.07, 6.45) is 1.02. The summed E-state index contributed by atoms with van der Waals surface area (Å²) in [4.78, 5) is 13.8. The number of rotatable bonds is 5. The number of benzene rings is 1. The third-order valence-electron chi connectivity index (χ3n) is 3.27. The van der Waals surface area contributed by atoms with Crippen LogP contribution in [0.25, 0.3) is 0 Å². The molecule has 1 fully saturated rings. The molecule has 0 spiro atoms. The average molecular weight is 277 g/mol. The van der Waals surface area contributed by atoms with Crippen molar-refractivity contribution in [3.63, 3.8) is 0 Å². The molecule has 0 radical (unpaired) electrons. The number of carbonyl (C=O) groups excluding carboxylic acids is 1. The van der Waals surface area contributed by atoms with Crippen molar-refractivity contribution in [3.05, 3.63) is 29.8 Å². The van der Waals surface area contributed by atoms with Crippen molar-refractivity contribution < 1.29 is 14.3 Å². The lowest BCUT2D eigenvalue weighted by Crippen LogP contribution is -2.42. The van der Waals surface area contributed by atoms with Crippen molar-refractivity contribution >= 4 is 5.91 Å². The minimum atomic E-state index is 0.0302. The summed E-state index contributed by atoms with van der Waals surface area (Å²) in [6, 6.07) is 7.99. The molecule has 0 saturated carbocycles. The van der Waals surface area contributed by atoms with Gasteiger partial charge in [0.25, 0.3) is 5.91 Å². The quantitative estimate of drug-likeness (QED) is 0.827. The second-order valence-electron chi connectivity index (χ2n) is 5.53. The molecular weight excluding hydrogens is 254 g/mol. The van der Waals surface area contributed by atoms with Crippen LogP contribution in [-0.4, -0.2) is 43.7 Å². The van der Waals surface area contributed by atoms with Crippen LogP contribution in [-0.2, 0) is 16.0 Å². The van der Waals surface area contributed by atoms with E-state index in [0.717, 1.165) is 12.2 Å². The third-order valence-corrected chi connectivity index (χ3v) is 3.27. The summed E-state index contributed by atoms with van der Waals surface area (Å²) in [6.45, 7) is 7.05. The molecule has 4 heteroatoms. The van der Waals surface area contributed by atoms with E-state index in [0.29, 0.717) is 32.2 Å². The van der Waals surface area contributed by atoms with Crippen molar-refractivity contribution in [3.8, 4) is 5.75 Å². The standard InChI is InChI=1S/C16H23NO3/c1-13(2)10-14-4-3-5-15(11-14)20-12-16(18)17-6-8-19-9-7-17/h3-5,11,13H,6-10,12H2,1-2H3. The van der Waals surface area contributed by atoms with Crippen LogP contribution in [0.5, 0.6) is 5.75 Å². The predicted octanol–water partition coefficient (Wildman–Crippen LogP) is 2.12. The van der Waals surface area contributed by atoms with Gasteiger partial charge in [0, 0.05) is 13.1 Å². The van der Waals surface area contributed by atoms with E-state index in [2.05, 4.69) is 19.9 Å². The highest BCUT2D eigenvalue weighted by atomic mass is 16.5. The maximum atomic E-state index is 12.0. The zero-order valence-electron chi connectivity index (χ0n) is 12.3. The van der Waals surface area contributed by atoms with Crippen LogP contribution in [0, 0.1) is 5.92 Å². The van der Waals surface area contributed by atoms with E-state index < -0.39 is 0 Å². The Bertz CT molecular complexity index is 439. The molecule has 0 N–H and O–H groups in total. The van der Waals surface area contributed by atoms with E-state index in [1.54, 1.807) is 4.90 Å². The van der Waals surface area contributed by atoms with Gasteiger partial charge in [0.05, 0.1) is 13.2 Å². The summed E-state index contributed by atoms with van der Waals surface area (Å²) in [7, 11) is 0. The maximum absolute atomic E-state index is 12.0. The van der Waals surface area contributed by atoms with Gasteiger partial charge in [-0.25, -0.2) is 0 Å². The van der Waals surface area contributed by atoms with Gasteiger partial charge in [-0.3, -0.25) is 4.79 Å². The van der Waals surface area contributed by atoms with Crippen LogP contribution < -0.4 is 4.74 Å². The molecule has 20 heavy (non-hydrogen) atoms. The van der Waals surface area contributed by atoms with E-state index in [4.69, 9.17) is 9.47 Å². The van der Waals surface area contributed by atoms with E-state index in [9.17, 15) is 4.79 Å². The number of amides is 1. The smallest absolute Gasteiger partial charge is 0.260 e. The molecule has 2 rings (SSSR count). The molecule has 0 unspecified atom stereocenters. The highest BCUT2D eigenvalue weighted by Crippen LogP contribution is 2.16. The number of morpholine rings is 1. The first-order valence-electron chi connectivity index (χ1n) is 7.22. The summed E-state index contributed by atoms with van der Waals surface area (Å²) in [5.74, 6) is 1.41. The van der Waals surface area contributed by atoms with Gasteiger partial charge in [0.2, 0.25) is 0 Å². The van der Waals surface area contributed by atoms with Crippen LogP contribution in [0.4, 0.5) is 0 Å². The van der Waals surface area contributed by atoms with Gasteiger partial charge in [-0.1, -0.05) is 26.0 Å². The van der Waals surface area contributed by atoms with Gasteiger partial charge < -0.3 is 14.4 Å². The fourth-order valence-corrected chi connectivity index (χ4v) is 2.28. The Hall–Kier alpha value is -1.55. The van der Waals surface area contributed by atoms with Gasteiger partial charge in [-0.2, -0.15) is 0 Å². The molecule has 1 heterocycles. The summed E-state index contributed by atoms with van der Waals surface area (Å²) in [5, 5.41) is 0. The van der Waals surface area contributed by atoms with Gasteiger partial charge in [0.1, 0.15) is 5.75 Å². The molecule has 0 aliphatic carbocycles. The van der Waals surface area contributed by atoms with Crippen molar-refractivity contribution in [2.45, 2.75) is 20.3 Å². The Labute approximate surface area is 120 Å². The predicted molar refractivity (Wildman–Crippen MR) is 77.9 cm³/mol. The molecule has 0 bridgehead atoms. The lowest BCUT2D eigenvalue weighted by molar-refractivity contribution is -0.137. The fraction of sp³-hybridized carbons (Fsp3) is 0.562. The topological polar surface area (TPSA) is 38.8 Å². The molecule has 1 aliphatic heterocycles. The second kappa shape index (κ2) is 7.29.